The number of methoxy groups -OCH3 is 1. The summed E-state index contributed by atoms with van der Waals surface area (Å²) in [4.78, 5) is 31.2. The number of carboxylic acids is 1. The normalized spacial score (nSPS) is 13.0. The molecule has 7 heteroatoms. The Morgan fingerprint density at radius 2 is 2.00 bits per heavy atom. The molecular weight excluding hydrogens is 298 g/mol. The van der Waals surface area contributed by atoms with Gasteiger partial charge >= 0.3 is 5.97 Å². The van der Waals surface area contributed by atoms with E-state index >= 15 is 0 Å². The zero-order valence-corrected chi connectivity index (χ0v) is 12.8. The molecule has 0 aliphatic rings. The Morgan fingerprint density at radius 3 is 2.61 bits per heavy atom. The van der Waals surface area contributed by atoms with Crippen molar-refractivity contribution in [2.24, 2.45) is 0 Å². The average Bonchev–Trinajstić information content (AvgIpc) is 2.55. The Bertz CT molecular complexity index is 705. The molecule has 2 rings (SSSR count). The highest BCUT2D eigenvalue weighted by molar-refractivity contribution is 5.94. The zero-order valence-electron chi connectivity index (χ0n) is 12.8. The summed E-state index contributed by atoms with van der Waals surface area (Å²) in [6.07, 6.45) is 3.78. The average molecular weight is 315 g/mol. The molecule has 0 aliphatic heterocycles. The number of rotatable bonds is 6. The maximum Gasteiger partial charge on any atom is 0.306 e. The van der Waals surface area contributed by atoms with E-state index in [-0.39, 0.29) is 12.0 Å². The molecule has 1 aromatic heterocycles. The Kier molecular flexibility index (Phi) is 4.90. The number of hydrogen-bond donors (Lipinski definition) is 2. The van der Waals surface area contributed by atoms with Gasteiger partial charge in [0.25, 0.3) is 5.91 Å². The number of ether oxygens (including phenoxy) is 1. The van der Waals surface area contributed by atoms with E-state index in [1.165, 1.54) is 25.8 Å². The van der Waals surface area contributed by atoms with E-state index in [9.17, 15) is 14.7 Å². The van der Waals surface area contributed by atoms with Crippen molar-refractivity contribution < 1.29 is 19.4 Å². The van der Waals surface area contributed by atoms with Gasteiger partial charge in [-0.2, -0.15) is 0 Å². The molecule has 23 heavy (non-hydrogen) atoms. The topological polar surface area (TPSA) is 101 Å². The lowest BCUT2D eigenvalue weighted by molar-refractivity contribution is -0.138. The maximum atomic E-state index is 12.4. The third-order valence-corrected chi connectivity index (χ3v) is 3.42. The summed E-state index contributed by atoms with van der Waals surface area (Å²) in [6, 6.07) is 6.93. The molecule has 0 saturated carbocycles. The summed E-state index contributed by atoms with van der Waals surface area (Å²) in [6.45, 7) is 1.65. The van der Waals surface area contributed by atoms with E-state index in [1.807, 2.05) is 0 Å². The minimum atomic E-state index is -1.10. The van der Waals surface area contributed by atoms with Crippen molar-refractivity contribution >= 4 is 11.9 Å². The van der Waals surface area contributed by atoms with E-state index in [0.29, 0.717) is 11.3 Å². The van der Waals surface area contributed by atoms with Gasteiger partial charge in [0.1, 0.15) is 12.1 Å². The van der Waals surface area contributed by atoms with Crippen molar-refractivity contribution in [3.8, 4) is 5.75 Å². The first-order valence-corrected chi connectivity index (χ1v) is 6.88. The fourth-order valence-electron chi connectivity index (χ4n) is 2.23. The summed E-state index contributed by atoms with van der Waals surface area (Å²) in [5.74, 6) is -0.895. The van der Waals surface area contributed by atoms with Crippen LogP contribution < -0.4 is 10.1 Å². The summed E-state index contributed by atoms with van der Waals surface area (Å²) in [5.41, 5.74) is -0.218. The number of nitrogens with zero attached hydrogens (tertiary/aromatic N) is 2. The van der Waals surface area contributed by atoms with Crippen LogP contribution in [0.2, 0.25) is 0 Å². The first kappa shape index (κ1) is 16.4. The van der Waals surface area contributed by atoms with Gasteiger partial charge in [-0.1, -0.05) is 12.1 Å². The van der Waals surface area contributed by atoms with Crippen LogP contribution in [0.1, 0.15) is 29.3 Å². The lowest BCUT2D eigenvalue weighted by Crippen LogP contribution is -2.45. The highest BCUT2D eigenvalue weighted by atomic mass is 16.5. The van der Waals surface area contributed by atoms with E-state index < -0.39 is 17.4 Å². The van der Waals surface area contributed by atoms with Gasteiger partial charge < -0.3 is 15.2 Å². The Balaban J connectivity index is 2.35. The Hall–Kier alpha value is -2.96. The van der Waals surface area contributed by atoms with E-state index in [1.54, 1.807) is 31.2 Å². The second-order valence-corrected chi connectivity index (χ2v) is 5.22. The fraction of sp³-hybridized carbons (Fsp3) is 0.250. The zero-order chi connectivity index (χ0) is 16.9. The minimum Gasteiger partial charge on any atom is -0.497 e. The first-order chi connectivity index (χ1) is 10.9. The molecule has 1 atom stereocenters. The number of carboxylic acid groups (broad SMARTS) is 1. The van der Waals surface area contributed by atoms with E-state index in [0.717, 1.165) is 0 Å². The second kappa shape index (κ2) is 6.87. The number of nitrogens with one attached hydrogen (secondary N) is 1. The smallest absolute Gasteiger partial charge is 0.306 e. The summed E-state index contributed by atoms with van der Waals surface area (Å²) in [7, 11) is 1.52. The van der Waals surface area contributed by atoms with Gasteiger partial charge in [0.05, 0.1) is 24.6 Å². The molecular formula is C16H17N3O4. The monoisotopic (exact) mass is 315 g/mol. The van der Waals surface area contributed by atoms with Crippen LogP contribution in [-0.2, 0) is 10.3 Å². The standard InChI is InChI=1S/C16H17N3O4/c1-16(7-14(20)21,12-4-3-5-13(6-12)23-2)19-15(22)11-8-17-10-18-9-11/h3-6,8-10H,7H2,1-2H3,(H,19,22)(H,20,21). The number of carbonyl (C=O) groups is 2. The summed E-state index contributed by atoms with van der Waals surface area (Å²) >= 11 is 0. The maximum absolute atomic E-state index is 12.4. The molecule has 120 valence electrons. The number of hydrogen-bond acceptors (Lipinski definition) is 5. The molecule has 7 nitrogen and oxygen atoms in total. The number of carbonyl (C=O) groups excluding carboxylic acids is 1. The van der Waals surface area contributed by atoms with Crippen molar-refractivity contribution in [1.82, 2.24) is 15.3 Å². The lowest BCUT2D eigenvalue weighted by atomic mass is 9.88. The first-order valence-electron chi connectivity index (χ1n) is 6.88. The third kappa shape index (κ3) is 4.03. The highest BCUT2D eigenvalue weighted by Gasteiger charge is 2.32. The third-order valence-electron chi connectivity index (χ3n) is 3.42. The molecule has 0 saturated heterocycles. The van der Waals surface area contributed by atoms with Crippen LogP contribution in [0.4, 0.5) is 0 Å². The quantitative estimate of drug-likeness (QED) is 0.839. The van der Waals surface area contributed by atoms with Gasteiger partial charge in [-0.15, -0.1) is 0 Å². The summed E-state index contributed by atoms with van der Waals surface area (Å²) in [5, 5.41) is 12.0. The molecule has 2 N–H and O–H groups in total. The second-order valence-electron chi connectivity index (χ2n) is 5.22. The van der Waals surface area contributed by atoms with Gasteiger partial charge in [0.2, 0.25) is 0 Å². The van der Waals surface area contributed by atoms with Crippen LogP contribution in [0.5, 0.6) is 5.75 Å². The molecule has 0 fully saturated rings. The van der Waals surface area contributed by atoms with E-state index in [2.05, 4.69) is 15.3 Å². The van der Waals surface area contributed by atoms with Gasteiger partial charge in [-0.25, -0.2) is 9.97 Å². The van der Waals surface area contributed by atoms with Crippen LogP contribution in [0, 0.1) is 0 Å². The fourth-order valence-corrected chi connectivity index (χ4v) is 2.23. The predicted octanol–water partition coefficient (Wildman–Crippen LogP) is 1.61. The number of aliphatic carboxylic acids is 1. The van der Waals surface area contributed by atoms with Crippen LogP contribution >= 0.6 is 0 Å². The molecule has 0 bridgehead atoms. The van der Waals surface area contributed by atoms with Crippen LogP contribution in [0.25, 0.3) is 0 Å². The Morgan fingerprint density at radius 1 is 1.30 bits per heavy atom. The molecule has 1 unspecified atom stereocenters. The van der Waals surface area contributed by atoms with E-state index in [4.69, 9.17) is 4.74 Å². The van der Waals surface area contributed by atoms with Crippen molar-refractivity contribution in [1.29, 1.82) is 0 Å². The molecule has 0 spiro atoms. The van der Waals surface area contributed by atoms with Crippen LogP contribution in [-0.4, -0.2) is 34.1 Å². The minimum absolute atomic E-state index is 0.256. The Labute approximate surface area is 133 Å². The van der Waals surface area contributed by atoms with Gasteiger partial charge in [0, 0.05) is 12.4 Å². The van der Waals surface area contributed by atoms with Crippen molar-refractivity contribution in [3.05, 3.63) is 54.1 Å². The van der Waals surface area contributed by atoms with Gasteiger partial charge in [-0.05, 0) is 24.6 Å². The number of amides is 1. The van der Waals surface area contributed by atoms with Crippen molar-refractivity contribution in [2.45, 2.75) is 18.9 Å². The largest absolute Gasteiger partial charge is 0.497 e. The molecule has 2 aromatic rings. The molecule has 0 radical (unpaired) electrons. The molecule has 1 heterocycles. The highest BCUT2D eigenvalue weighted by Crippen LogP contribution is 2.28. The van der Waals surface area contributed by atoms with Crippen molar-refractivity contribution in [3.63, 3.8) is 0 Å². The molecule has 0 aliphatic carbocycles. The number of aromatic nitrogens is 2. The molecule has 1 aromatic carbocycles. The number of benzene rings is 1. The van der Waals surface area contributed by atoms with Gasteiger partial charge in [0.15, 0.2) is 0 Å². The van der Waals surface area contributed by atoms with Crippen LogP contribution in [0.15, 0.2) is 43.0 Å². The van der Waals surface area contributed by atoms with Gasteiger partial charge in [-0.3, -0.25) is 9.59 Å². The molecule has 1 amide bonds. The summed E-state index contributed by atoms with van der Waals surface area (Å²) < 4.78 is 5.16. The van der Waals surface area contributed by atoms with Crippen molar-refractivity contribution in [2.75, 3.05) is 7.11 Å². The SMILES string of the molecule is COc1cccc(C(C)(CC(=O)O)NC(=O)c2cncnc2)c1. The lowest BCUT2D eigenvalue weighted by Gasteiger charge is -2.30. The van der Waals surface area contributed by atoms with Crippen LogP contribution in [0.3, 0.4) is 0 Å². The predicted molar refractivity (Wildman–Crippen MR) is 82.1 cm³/mol.